The van der Waals surface area contributed by atoms with Crippen molar-refractivity contribution in [1.29, 1.82) is 0 Å². The molecule has 4 N–H and O–H groups in total. The Bertz CT molecular complexity index is 1210. The largest absolute Gasteiger partial charge is 0.497 e. The lowest BCUT2D eigenvalue weighted by atomic mass is 10.0. The maximum Gasteiger partial charge on any atom is 0.409 e. The number of nitrogens with one attached hydrogen (secondary N) is 3. The summed E-state index contributed by atoms with van der Waals surface area (Å²) in [6, 6.07) is 9.00. The van der Waals surface area contributed by atoms with E-state index in [9.17, 15) is 19.5 Å². The summed E-state index contributed by atoms with van der Waals surface area (Å²) in [4.78, 5) is 42.6. The van der Waals surface area contributed by atoms with Crippen LogP contribution in [0.25, 0.3) is 0 Å². The predicted molar refractivity (Wildman–Crippen MR) is 158 cm³/mol. The third-order valence-corrected chi connectivity index (χ3v) is 6.78. The molecule has 1 atom stereocenters. The van der Waals surface area contributed by atoms with Gasteiger partial charge in [-0.05, 0) is 81.8 Å². The van der Waals surface area contributed by atoms with Crippen LogP contribution >= 0.6 is 0 Å². The molecular formula is C30H43N5O7. The highest BCUT2D eigenvalue weighted by atomic mass is 16.6. The van der Waals surface area contributed by atoms with Crippen molar-refractivity contribution in [3.63, 3.8) is 0 Å². The molecule has 0 bridgehead atoms. The SMILES string of the molecule is COC(=O)N1CCC(Nc2cc(C(=O)NCC(O)CCc3ccc(OC)cc3CNC(=O)OC(C)(C)C)ccn2)CC1. The van der Waals surface area contributed by atoms with Gasteiger partial charge in [0, 0.05) is 44.0 Å². The van der Waals surface area contributed by atoms with Gasteiger partial charge in [0.25, 0.3) is 5.91 Å². The van der Waals surface area contributed by atoms with Gasteiger partial charge in [-0.1, -0.05) is 6.07 Å². The fourth-order valence-corrected chi connectivity index (χ4v) is 4.55. The van der Waals surface area contributed by atoms with Crippen LogP contribution < -0.4 is 20.7 Å². The Morgan fingerprint density at radius 2 is 1.81 bits per heavy atom. The molecule has 2 aromatic rings. The van der Waals surface area contributed by atoms with Gasteiger partial charge in [-0.25, -0.2) is 14.6 Å². The fourth-order valence-electron chi connectivity index (χ4n) is 4.55. The lowest BCUT2D eigenvalue weighted by molar-refractivity contribution is 0.0523. The van der Waals surface area contributed by atoms with E-state index in [2.05, 4.69) is 20.9 Å². The molecule has 1 aliphatic heterocycles. The first-order chi connectivity index (χ1) is 20.0. The van der Waals surface area contributed by atoms with Crippen molar-refractivity contribution in [2.24, 2.45) is 0 Å². The second-order valence-electron chi connectivity index (χ2n) is 11.2. The van der Waals surface area contributed by atoms with Crippen LogP contribution in [0.4, 0.5) is 15.4 Å². The molecule has 1 aromatic heterocycles. The minimum absolute atomic E-state index is 0.0809. The van der Waals surface area contributed by atoms with Gasteiger partial charge in [-0.2, -0.15) is 0 Å². The van der Waals surface area contributed by atoms with Crippen molar-refractivity contribution in [3.8, 4) is 5.75 Å². The first kappa shape index (κ1) is 32.5. The third kappa shape index (κ3) is 10.4. The molecule has 0 radical (unpaired) electrons. The Hall–Kier alpha value is -4.06. The Kier molecular flexibility index (Phi) is 11.8. The normalized spacial score (nSPS) is 14.5. The summed E-state index contributed by atoms with van der Waals surface area (Å²) < 4.78 is 15.4. The number of benzene rings is 1. The quantitative estimate of drug-likeness (QED) is 0.311. The summed E-state index contributed by atoms with van der Waals surface area (Å²) in [7, 11) is 2.95. The number of carbonyl (C=O) groups is 3. The molecule has 3 amide bonds. The van der Waals surface area contributed by atoms with Crippen LogP contribution in [0.5, 0.6) is 5.75 Å². The number of likely N-dealkylation sites (tertiary alicyclic amines) is 1. The van der Waals surface area contributed by atoms with Gasteiger partial charge in [0.1, 0.15) is 17.2 Å². The van der Waals surface area contributed by atoms with Crippen LogP contribution in [0.15, 0.2) is 36.5 Å². The smallest absolute Gasteiger partial charge is 0.409 e. The number of anilines is 1. The second-order valence-corrected chi connectivity index (χ2v) is 11.2. The number of nitrogens with zero attached hydrogens (tertiary/aromatic N) is 2. The molecule has 1 aliphatic rings. The van der Waals surface area contributed by atoms with Crippen molar-refractivity contribution >= 4 is 23.9 Å². The summed E-state index contributed by atoms with van der Waals surface area (Å²) in [6.45, 7) is 6.89. The Labute approximate surface area is 247 Å². The minimum atomic E-state index is -0.776. The van der Waals surface area contributed by atoms with E-state index in [0.29, 0.717) is 43.1 Å². The van der Waals surface area contributed by atoms with E-state index < -0.39 is 17.8 Å². The van der Waals surface area contributed by atoms with Gasteiger partial charge >= 0.3 is 12.2 Å². The molecule has 12 heteroatoms. The molecule has 1 aromatic carbocycles. The number of amides is 3. The van der Waals surface area contributed by atoms with Crippen LogP contribution in [0.1, 0.15) is 61.5 Å². The number of pyridine rings is 1. The zero-order chi connectivity index (χ0) is 30.7. The molecule has 2 heterocycles. The molecule has 0 aliphatic carbocycles. The van der Waals surface area contributed by atoms with Gasteiger partial charge < -0.3 is 40.2 Å². The molecule has 3 rings (SSSR count). The monoisotopic (exact) mass is 585 g/mol. The first-order valence-electron chi connectivity index (χ1n) is 14.1. The first-order valence-corrected chi connectivity index (χ1v) is 14.1. The van der Waals surface area contributed by atoms with E-state index in [1.54, 1.807) is 51.1 Å². The van der Waals surface area contributed by atoms with E-state index in [-0.39, 0.29) is 31.1 Å². The lowest BCUT2D eigenvalue weighted by Crippen LogP contribution is -2.42. The highest BCUT2D eigenvalue weighted by Crippen LogP contribution is 2.20. The number of alkyl carbamates (subject to hydrolysis) is 1. The average molecular weight is 586 g/mol. The Balaban J connectivity index is 1.48. The van der Waals surface area contributed by atoms with Gasteiger partial charge in [0.05, 0.1) is 20.3 Å². The van der Waals surface area contributed by atoms with Crippen molar-refractivity contribution in [1.82, 2.24) is 20.5 Å². The van der Waals surface area contributed by atoms with E-state index in [1.807, 2.05) is 18.2 Å². The molecular weight excluding hydrogens is 542 g/mol. The molecule has 230 valence electrons. The minimum Gasteiger partial charge on any atom is -0.497 e. The highest BCUT2D eigenvalue weighted by molar-refractivity contribution is 5.94. The van der Waals surface area contributed by atoms with E-state index in [4.69, 9.17) is 14.2 Å². The molecule has 1 fully saturated rings. The summed E-state index contributed by atoms with van der Waals surface area (Å²) in [6.07, 6.45) is 2.36. The van der Waals surface area contributed by atoms with Crippen LogP contribution in [0.3, 0.4) is 0 Å². The van der Waals surface area contributed by atoms with Crippen molar-refractivity contribution in [3.05, 3.63) is 53.2 Å². The number of ether oxygens (including phenoxy) is 3. The number of piperidine rings is 1. The number of carbonyl (C=O) groups excluding carboxylic acids is 3. The van der Waals surface area contributed by atoms with E-state index >= 15 is 0 Å². The molecule has 0 spiro atoms. The molecule has 12 nitrogen and oxygen atoms in total. The molecule has 42 heavy (non-hydrogen) atoms. The van der Waals surface area contributed by atoms with E-state index in [0.717, 1.165) is 24.0 Å². The second kappa shape index (κ2) is 15.2. The van der Waals surface area contributed by atoms with Crippen molar-refractivity contribution in [2.45, 2.75) is 70.7 Å². The number of aromatic nitrogens is 1. The van der Waals surface area contributed by atoms with Crippen molar-refractivity contribution < 1.29 is 33.7 Å². The predicted octanol–water partition coefficient (Wildman–Crippen LogP) is 3.48. The average Bonchev–Trinajstić information content (AvgIpc) is 2.97. The van der Waals surface area contributed by atoms with Gasteiger partial charge in [-0.15, -0.1) is 0 Å². The number of methoxy groups -OCH3 is 2. The molecule has 0 saturated carbocycles. The summed E-state index contributed by atoms with van der Waals surface area (Å²) in [5.74, 6) is 0.920. The van der Waals surface area contributed by atoms with Crippen LogP contribution in [-0.2, 0) is 22.4 Å². The summed E-state index contributed by atoms with van der Waals surface area (Å²) in [5.41, 5.74) is 1.62. The van der Waals surface area contributed by atoms with Crippen molar-refractivity contribution in [2.75, 3.05) is 39.2 Å². The molecule has 1 unspecified atom stereocenters. The number of hydrogen-bond donors (Lipinski definition) is 4. The fraction of sp³-hybridized carbons (Fsp3) is 0.533. The van der Waals surface area contributed by atoms with Gasteiger partial charge in [0.2, 0.25) is 0 Å². The van der Waals surface area contributed by atoms with Crippen LogP contribution in [0.2, 0.25) is 0 Å². The maximum atomic E-state index is 12.8. The Morgan fingerprint density at radius 3 is 2.48 bits per heavy atom. The number of aliphatic hydroxyl groups is 1. The number of hydrogen-bond acceptors (Lipinski definition) is 9. The summed E-state index contributed by atoms with van der Waals surface area (Å²) in [5, 5.41) is 19.5. The highest BCUT2D eigenvalue weighted by Gasteiger charge is 2.23. The topological polar surface area (TPSA) is 151 Å². The zero-order valence-corrected chi connectivity index (χ0v) is 25.1. The Morgan fingerprint density at radius 1 is 1.07 bits per heavy atom. The third-order valence-electron chi connectivity index (χ3n) is 6.78. The molecule has 1 saturated heterocycles. The maximum absolute atomic E-state index is 12.8. The number of aryl methyl sites for hydroxylation is 1. The number of aliphatic hydroxyl groups excluding tert-OH is 1. The van der Waals surface area contributed by atoms with Gasteiger partial charge in [-0.3, -0.25) is 4.79 Å². The number of rotatable bonds is 11. The standard InChI is InChI=1S/C30H43N5O7/c1-30(2,3)42-28(38)33-18-22-16-25(40-4)9-7-20(22)6-8-24(36)19-32-27(37)21-10-13-31-26(17-21)34-23-11-14-35(15-12-23)29(39)41-5/h7,9-10,13,16-17,23-24,36H,6,8,11-12,14-15,18-19H2,1-5H3,(H,31,34)(H,32,37)(H,33,38). The lowest BCUT2D eigenvalue weighted by Gasteiger charge is -2.31. The van der Waals surface area contributed by atoms with Gasteiger partial charge in [0.15, 0.2) is 0 Å². The van der Waals surface area contributed by atoms with Crippen LogP contribution in [-0.4, -0.2) is 84.7 Å². The van der Waals surface area contributed by atoms with Crippen LogP contribution in [0, 0.1) is 0 Å². The zero-order valence-electron chi connectivity index (χ0n) is 25.1. The van der Waals surface area contributed by atoms with E-state index in [1.165, 1.54) is 7.11 Å². The summed E-state index contributed by atoms with van der Waals surface area (Å²) >= 11 is 0.